The highest BCUT2D eigenvalue weighted by Crippen LogP contribution is 2.14. The standard InChI is InChI=1S/C13H14BrN/c14-13-8-4-5-10-15(13)11-9-12-6-2-1-3-7-12/h1-8,10,13H,9,11H2. The van der Waals surface area contributed by atoms with Crippen molar-refractivity contribution in [1.29, 1.82) is 0 Å². The highest BCUT2D eigenvalue weighted by atomic mass is 79.9. The van der Waals surface area contributed by atoms with E-state index in [2.05, 4.69) is 75.6 Å². The predicted molar refractivity (Wildman–Crippen MR) is 67.8 cm³/mol. The minimum Gasteiger partial charge on any atom is -0.361 e. The maximum absolute atomic E-state index is 3.62. The molecule has 1 aliphatic heterocycles. The van der Waals surface area contributed by atoms with Gasteiger partial charge in [-0.1, -0.05) is 58.4 Å². The van der Waals surface area contributed by atoms with Gasteiger partial charge in [-0.15, -0.1) is 0 Å². The summed E-state index contributed by atoms with van der Waals surface area (Å²) in [5.41, 5.74) is 1.39. The van der Waals surface area contributed by atoms with Gasteiger partial charge in [-0.05, 0) is 18.1 Å². The van der Waals surface area contributed by atoms with Crippen LogP contribution >= 0.6 is 15.9 Å². The molecule has 1 nitrogen and oxygen atoms in total. The molecule has 2 heteroatoms. The number of hydrogen-bond acceptors (Lipinski definition) is 1. The molecule has 0 spiro atoms. The van der Waals surface area contributed by atoms with Gasteiger partial charge in [-0.25, -0.2) is 0 Å². The van der Waals surface area contributed by atoms with E-state index in [-0.39, 0.29) is 0 Å². The lowest BCUT2D eigenvalue weighted by atomic mass is 10.1. The van der Waals surface area contributed by atoms with Gasteiger partial charge >= 0.3 is 0 Å². The largest absolute Gasteiger partial charge is 0.361 e. The zero-order valence-corrected chi connectivity index (χ0v) is 10.1. The monoisotopic (exact) mass is 263 g/mol. The Morgan fingerprint density at radius 2 is 1.93 bits per heavy atom. The molecular formula is C13H14BrN. The summed E-state index contributed by atoms with van der Waals surface area (Å²) < 4.78 is 0. The van der Waals surface area contributed by atoms with Crippen LogP contribution in [0.1, 0.15) is 5.56 Å². The van der Waals surface area contributed by atoms with Crippen molar-refractivity contribution < 1.29 is 0 Å². The van der Waals surface area contributed by atoms with E-state index < -0.39 is 0 Å². The molecule has 1 heterocycles. The summed E-state index contributed by atoms with van der Waals surface area (Å²) >= 11 is 3.62. The van der Waals surface area contributed by atoms with E-state index in [0.29, 0.717) is 4.95 Å². The Hall–Kier alpha value is -1.02. The molecule has 0 radical (unpaired) electrons. The molecule has 0 aliphatic carbocycles. The van der Waals surface area contributed by atoms with Gasteiger partial charge in [0.05, 0.1) is 0 Å². The van der Waals surface area contributed by atoms with Crippen LogP contribution in [0, 0.1) is 0 Å². The molecule has 0 fully saturated rings. The lowest BCUT2D eigenvalue weighted by molar-refractivity contribution is 0.396. The average molecular weight is 264 g/mol. The molecule has 0 N–H and O–H groups in total. The fourth-order valence-corrected chi connectivity index (χ4v) is 2.13. The molecule has 0 saturated heterocycles. The Morgan fingerprint density at radius 1 is 1.13 bits per heavy atom. The molecule has 0 amide bonds. The number of nitrogens with zero attached hydrogens (tertiary/aromatic N) is 1. The third-order valence-corrected chi connectivity index (χ3v) is 3.31. The van der Waals surface area contributed by atoms with Gasteiger partial charge < -0.3 is 4.90 Å². The number of allylic oxidation sites excluding steroid dienone is 2. The molecule has 1 atom stereocenters. The van der Waals surface area contributed by atoms with Crippen LogP contribution in [0.25, 0.3) is 0 Å². The molecule has 1 aliphatic rings. The summed E-state index contributed by atoms with van der Waals surface area (Å²) in [6.07, 6.45) is 9.50. The molecule has 0 aromatic heterocycles. The van der Waals surface area contributed by atoms with Crippen molar-refractivity contribution >= 4 is 15.9 Å². The third-order valence-electron chi connectivity index (χ3n) is 2.48. The van der Waals surface area contributed by atoms with E-state index in [1.807, 2.05) is 0 Å². The van der Waals surface area contributed by atoms with Crippen molar-refractivity contribution in [2.24, 2.45) is 0 Å². The molecule has 78 valence electrons. The molecule has 1 unspecified atom stereocenters. The fourth-order valence-electron chi connectivity index (χ4n) is 1.61. The summed E-state index contributed by atoms with van der Waals surface area (Å²) in [6, 6.07) is 10.6. The average Bonchev–Trinajstić information content (AvgIpc) is 2.29. The molecule has 0 bridgehead atoms. The maximum atomic E-state index is 3.62. The minimum absolute atomic E-state index is 0.339. The summed E-state index contributed by atoms with van der Waals surface area (Å²) in [5, 5.41) is 0. The minimum atomic E-state index is 0.339. The summed E-state index contributed by atoms with van der Waals surface area (Å²) in [7, 11) is 0. The van der Waals surface area contributed by atoms with Crippen LogP contribution in [0.4, 0.5) is 0 Å². The highest BCUT2D eigenvalue weighted by molar-refractivity contribution is 9.09. The summed E-state index contributed by atoms with van der Waals surface area (Å²) in [6.45, 7) is 1.04. The van der Waals surface area contributed by atoms with E-state index in [0.717, 1.165) is 13.0 Å². The first-order valence-electron chi connectivity index (χ1n) is 5.15. The number of rotatable bonds is 3. The van der Waals surface area contributed by atoms with Crippen molar-refractivity contribution in [2.45, 2.75) is 11.4 Å². The van der Waals surface area contributed by atoms with Gasteiger partial charge in [-0.2, -0.15) is 0 Å². The fraction of sp³-hybridized carbons (Fsp3) is 0.231. The first-order chi connectivity index (χ1) is 7.36. The third kappa shape index (κ3) is 2.96. The van der Waals surface area contributed by atoms with E-state index in [4.69, 9.17) is 0 Å². The molecule has 15 heavy (non-hydrogen) atoms. The van der Waals surface area contributed by atoms with Crippen LogP contribution < -0.4 is 0 Å². The van der Waals surface area contributed by atoms with E-state index in [1.165, 1.54) is 5.56 Å². The van der Waals surface area contributed by atoms with Gasteiger partial charge in [0.25, 0.3) is 0 Å². The van der Waals surface area contributed by atoms with Crippen LogP contribution in [0.5, 0.6) is 0 Å². The van der Waals surface area contributed by atoms with Crippen molar-refractivity contribution in [1.82, 2.24) is 4.90 Å². The van der Waals surface area contributed by atoms with Gasteiger partial charge in [0, 0.05) is 12.7 Å². The lowest BCUT2D eigenvalue weighted by Crippen LogP contribution is -2.27. The quantitative estimate of drug-likeness (QED) is 0.598. The molecule has 1 aromatic carbocycles. The Bertz CT molecular complexity index is 356. The topological polar surface area (TPSA) is 3.24 Å². The van der Waals surface area contributed by atoms with E-state index >= 15 is 0 Å². The van der Waals surface area contributed by atoms with E-state index in [9.17, 15) is 0 Å². The number of hydrogen-bond donors (Lipinski definition) is 0. The molecular weight excluding hydrogens is 250 g/mol. The van der Waals surface area contributed by atoms with Gasteiger partial charge in [0.1, 0.15) is 4.95 Å². The first-order valence-corrected chi connectivity index (χ1v) is 6.06. The van der Waals surface area contributed by atoms with Crippen molar-refractivity contribution in [2.75, 3.05) is 6.54 Å². The Kier molecular flexibility index (Phi) is 3.62. The SMILES string of the molecule is BrC1C=CC=CN1CCc1ccccc1. The maximum Gasteiger partial charge on any atom is 0.103 e. The van der Waals surface area contributed by atoms with Crippen LogP contribution in [0.2, 0.25) is 0 Å². The second-order valence-corrected chi connectivity index (χ2v) is 4.51. The van der Waals surface area contributed by atoms with Crippen molar-refractivity contribution in [3.63, 3.8) is 0 Å². The summed E-state index contributed by atoms with van der Waals surface area (Å²) in [4.78, 5) is 2.62. The normalized spacial score (nSPS) is 19.5. The second-order valence-electron chi connectivity index (χ2n) is 3.57. The Labute approximate surface area is 99.2 Å². The number of benzene rings is 1. The zero-order valence-electron chi connectivity index (χ0n) is 8.51. The zero-order chi connectivity index (χ0) is 10.5. The lowest BCUT2D eigenvalue weighted by Gasteiger charge is -2.26. The second kappa shape index (κ2) is 5.17. The number of alkyl halides is 1. The van der Waals surface area contributed by atoms with Crippen LogP contribution in [0.15, 0.2) is 54.8 Å². The molecule has 0 saturated carbocycles. The van der Waals surface area contributed by atoms with Crippen LogP contribution in [-0.4, -0.2) is 16.4 Å². The molecule has 2 rings (SSSR count). The van der Waals surface area contributed by atoms with Gasteiger partial charge in [0.2, 0.25) is 0 Å². The first kappa shape index (κ1) is 10.5. The van der Waals surface area contributed by atoms with E-state index in [1.54, 1.807) is 0 Å². The van der Waals surface area contributed by atoms with Gasteiger partial charge in [-0.3, -0.25) is 0 Å². The van der Waals surface area contributed by atoms with Crippen LogP contribution in [-0.2, 0) is 6.42 Å². The van der Waals surface area contributed by atoms with Crippen molar-refractivity contribution in [3.8, 4) is 0 Å². The smallest absolute Gasteiger partial charge is 0.103 e. The number of halogens is 1. The Morgan fingerprint density at radius 3 is 2.67 bits per heavy atom. The van der Waals surface area contributed by atoms with Gasteiger partial charge in [0.15, 0.2) is 0 Å². The molecule has 1 aromatic rings. The predicted octanol–water partition coefficient (Wildman–Crippen LogP) is 3.34. The Balaban J connectivity index is 1.89. The summed E-state index contributed by atoms with van der Waals surface area (Å²) in [5.74, 6) is 0. The van der Waals surface area contributed by atoms with Crippen LogP contribution in [0.3, 0.4) is 0 Å². The highest BCUT2D eigenvalue weighted by Gasteiger charge is 2.09. The van der Waals surface area contributed by atoms with Crippen molar-refractivity contribution in [3.05, 3.63) is 60.3 Å².